The number of hydrogen-bond donors (Lipinski definition) is 1. The van der Waals surface area contributed by atoms with E-state index in [0.717, 1.165) is 13.0 Å². The van der Waals surface area contributed by atoms with Gasteiger partial charge in [0.25, 0.3) is 0 Å². The van der Waals surface area contributed by atoms with Gasteiger partial charge in [0, 0.05) is 36.5 Å². The van der Waals surface area contributed by atoms with Crippen molar-refractivity contribution in [2.24, 2.45) is 5.92 Å². The molecule has 0 bridgehead atoms. The van der Waals surface area contributed by atoms with E-state index in [1.807, 2.05) is 0 Å². The molecule has 0 aliphatic carbocycles. The summed E-state index contributed by atoms with van der Waals surface area (Å²) in [7, 11) is 0. The maximum atomic E-state index is 13.8. The fourth-order valence-corrected chi connectivity index (χ4v) is 3.36. The fraction of sp³-hybridized carbons (Fsp3) is 0.312. The third-order valence-corrected chi connectivity index (χ3v) is 4.81. The number of nitrogens with one attached hydrogen (secondary N) is 1. The van der Waals surface area contributed by atoms with E-state index in [0.29, 0.717) is 23.2 Å². The Morgan fingerprint density at radius 1 is 1.12 bits per heavy atom. The van der Waals surface area contributed by atoms with Gasteiger partial charge in [0.15, 0.2) is 5.75 Å². The number of pyridine rings is 1. The highest BCUT2D eigenvalue weighted by molar-refractivity contribution is 6.37. The topological polar surface area (TPSA) is 34.1 Å². The van der Waals surface area contributed by atoms with Gasteiger partial charge in [-0.1, -0.05) is 34.8 Å². The van der Waals surface area contributed by atoms with Gasteiger partial charge in [0.05, 0.1) is 5.02 Å². The molecule has 0 radical (unpaired) electrons. The lowest BCUT2D eigenvalue weighted by Gasteiger charge is -2.26. The first-order valence-electron chi connectivity index (χ1n) is 7.28. The monoisotopic (exact) mass is 392 g/mol. The van der Waals surface area contributed by atoms with Gasteiger partial charge in [-0.15, -0.1) is 0 Å². The molecule has 1 fully saturated rings. The van der Waals surface area contributed by atoms with Gasteiger partial charge in [0.2, 0.25) is 0 Å². The predicted octanol–water partition coefficient (Wildman–Crippen LogP) is 5.05. The number of rotatable bonds is 4. The highest BCUT2D eigenvalue weighted by Crippen LogP contribution is 2.42. The molecular formula is C16H13Cl3F2N2O. The number of hydrogen-bond acceptors (Lipinski definition) is 3. The first-order chi connectivity index (χ1) is 11.5. The number of ether oxygens (including phenoxy) is 1. The summed E-state index contributed by atoms with van der Waals surface area (Å²) in [6.07, 6.45) is 3.38. The van der Waals surface area contributed by atoms with E-state index in [1.54, 1.807) is 12.3 Å². The van der Waals surface area contributed by atoms with Crippen molar-refractivity contribution < 1.29 is 13.5 Å². The van der Waals surface area contributed by atoms with Gasteiger partial charge in [-0.3, -0.25) is 4.98 Å². The minimum atomic E-state index is -0.930. The fourth-order valence-electron chi connectivity index (χ4n) is 2.74. The van der Waals surface area contributed by atoms with Crippen molar-refractivity contribution in [3.8, 4) is 5.75 Å². The SMILES string of the molecule is Fc1cc(F)c(Cl)c(OC(c2cncc(Cl)c2)C2CCNC2)c1Cl. The summed E-state index contributed by atoms with van der Waals surface area (Å²) in [5, 5.41) is 2.96. The molecule has 0 spiro atoms. The largest absolute Gasteiger partial charge is 0.482 e. The highest BCUT2D eigenvalue weighted by atomic mass is 35.5. The van der Waals surface area contributed by atoms with E-state index in [9.17, 15) is 8.78 Å². The molecule has 2 atom stereocenters. The predicted molar refractivity (Wildman–Crippen MR) is 90.0 cm³/mol. The van der Waals surface area contributed by atoms with Crippen LogP contribution in [-0.4, -0.2) is 18.1 Å². The Balaban J connectivity index is 2.02. The van der Waals surface area contributed by atoms with Gasteiger partial charge in [-0.05, 0) is 19.0 Å². The first-order valence-corrected chi connectivity index (χ1v) is 8.41. The Morgan fingerprint density at radius 3 is 2.42 bits per heavy atom. The summed E-state index contributed by atoms with van der Waals surface area (Å²) >= 11 is 17.9. The first kappa shape index (κ1) is 17.7. The van der Waals surface area contributed by atoms with Crippen LogP contribution < -0.4 is 10.1 Å². The zero-order chi connectivity index (χ0) is 17.3. The summed E-state index contributed by atoms with van der Waals surface area (Å²) in [6.45, 7) is 1.50. The van der Waals surface area contributed by atoms with Crippen molar-refractivity contribution in [3.63, 3.8) is 0 Å². The zero-order valence-electron chi connectivity index (χ0n) is 12.3. The van der Waals surface area contributed by atoms with Gasteiger partial charge in [-0.25, -0.2) is 8.78 Å². The second-order valence-corrected chi connectivity index (χ2v) is 6.72. The van der Waals surface area contributed by atoms with E-state index in [2.05, 4.69) is 10.3 Å². The Hall–Kier alpha value is -1.14. The van der Waals surface area contributed by atoms with Crippen LogP contribution in [0.1, 0.15) is 18.1 Å². The smallest absolute Gasteiger partial charge is 0.163 e. The van der Waals surface area contributed by atoms with Crippen LogP contribution >= 0.6 is 34.8 Å². The van der Waals surface area contributed by atoms with E-state index in [-0.39, 0.29) is 21.7 Å². The molecule has 2 aromatic rings. The van der Waals surface area contributed by atoms with Crippen molar-refractivity contribution in [1.82, 2.24) is 10.3 Å². The number of benzene rings is 1. The quantitative estimate of drug-likeness (QED) is 0.738. The molecule has 1 aromatic heterocycles. The lowest BCUT2D eigenvalue weighted by atomic mass is 9.96. The molecule has 1 aliphatic rings. The lowest BCUT2D eigenvalue weighted by molar-refractivity contribution is 0.143. The van der Waals surface area contributed by atoms with Gasteiger partial charge in [0.1, 0.15) is 27.8 Å². The molecule has 2 unspecified atom stereocenters. The molecule has 1 aromatic carbocycles. The molecular weight excluding hydrogens is 381 g/mol. The molecule has 0 saturated carbocycles. The Bertz CT molecular complexity index is 728. The summed E-state index contributed by atoms with van der Waals surface area (Å²) < 4.78 is 33.4. The minimum Gasteiger partial charge on any atom is -0.482 e. The van der Waals surface area contributed by atoms with Crippen LogP contribution in [-0.2, 0) is 0 Å². The molecule has 1 aliphatic heterocycles. The van der Waals surface area contributed by atoms with E-state index >= 15 is 0 Å². The minimum absolute atomic E-state index is 0.0590. The molecule has 24 heavy (non-hydrogen) atoms. The second-order valence-electron chi connectivity index (χ2n) is 5.53. The van der Waals surface area contributed by atoms with Gasteiger partial charge in [-0.2, -0.15) is 0 Å². The maximum Gasteiger partial charge on any atom is 0.163 e. The van der Waals surface area contributed by atoms with Crippen LogP contribution in [0.3, 0.4) is 0 Å². The number of nitrogens with zero attached hydrogens (tertiary/aromatic N) is 1. The van der Waals surface area contributed by atoms with Crippen molar-refractivity contribution in [1.29, 1.82) is 0 Å². The van der Waals surface area contributed by atoms with Crippen molar-refractivity contribution in [2.45, 2.75) is 12.5 Å². The molecule has 1 N–H and O–H groups in total. The van der Waals surface area contributed by atoms with E-state index in [4.69, 9.17) is 39.5 Å². The molecule has 128 valence electrons. The lowest BCUT2D eigenvalue weighted by Crippen LogP contribution is -2.22. The van der Waals surface area contributed by atoms with Gasteiger partial charge >= 0.3 is 0 Å². The summed E-state index contributed by atoms with van der Waals surface area (Å²) in [4.78, 5) is 4.05. The van der Waals surface area contributed by atoms with Crippen LogP contribution in [0, 0.1) is 17.6 Å². The van der Waals surface area contributed by atoms with Crippen LogP contribution in [0.4, 0.5) is 8.78 Å². The van der Waals surface area contributed by atoms with Crippen LogP contribution in [0.5, 0.6) is 5.75 Å². The highest BCUT2D eigenvalue weighted by Gasteiger charge is 2.31. The van der Waals surface area contributed by atoms with Crippen molar-refractivity contribution in [3.05, 3.63) is 56.8 Å². The third kappa shape index (κ3) is 3.59. The standard InChI is InChI=1S/C16H13Cl3F2N2O/c17-10-3-9(6-23-7-10)15(8-1-2-22-5-8)24-16-13(18)11(20)4-12(21)14(16)19/h3-4,6-8,15,22H,1-2,5H2. The van der Waals surface area contributed by atoms with Crippen LogP contribution in [0.15, 0.2) is 24.5 Å². The maximum absolute atomic E-state index is 13.8. The van der Waals surface area contributed by atoms with Crippen molar-refractivity contribution >= 4 is 34.8 Å². The zero-order valence-corrected chi connectivity index (χ0v) is 14.6. The van der Waals surface area contributed by atoms with E-state index in [1.165, 1.54) is 6.20 Å². The Morgan fingerprint density at radius 2 is 1.83 bits per heavy atom. The number of aromatic nitrogens is 1. The third-order valence-electron chi connectivity index (χ3n) is 3.90. The molecule has 0 amide bonds. The van der Waals surface area contributed by atoms with Gasteiger partial charge < -0.3 is 10.1 Å². The van der Waals surface area contributed by atoms with E-state index < -0.39 is 17.7 Å². The molecule has 3 rings (SSSR count). The summed E-state index contributed by atoms with van der Waals surface area (Å²) in [6, 6.07) is 2.33. The van der Waals surface area contributed by atoms with Crippen molar-refractivity contribution in [2.75, 3.05) is 13.1 Å². The average molecular weight is 394 g/mol. The molecule has 3 nitrogen and oxygen atoms in total. The molecule has 2 heterocycles. The summed E-state index contributed by atoms with van der Waals surface area (Å²) in [5.41, 5.74) is 0.688. The van der Waals surface area contributed by atoms with Crippen LogP contribution in [0.2, 0.25) is 15.1 Å². The average Bonchev–Trinajstić information content (AvgIpc) is 3.07. The molecule has 1 saturated heterocycles. The van der Waals surface area contributed by atoms with Crippen LogP contribution in [0.25, 0.3) is 0 Å². The Labute approximate surface area is 152 Å². The normalized spacial score (nSPS) is 18.6. The second kappa shape index (κ2) is 7.40. The number of halogens is 5. The summed E-state index contributed by atoms with van der Waals surface area (Å²) in [5.74, 6) is -2.02. The Kier molecular flexibility index (Phi) is 5.45. The molecule has 8 heteroatoms.